The molecule has 4 rings (SSSR count). The summed E-state index contributed by atoms with van der Waals surface area (Å²) >= 11 is 0. The van der Waals surface area contributed by atoms with Crippen LogP contribution in [-0.4, -0.2) is 60.0 Å². The van der Waals surface area contributed by atoms with Crippen molar-refractivity contribution in [2.24, 2.45) is 5.16 Å². The second-order valence-electron chi connectivity index (χ2n) is 8.03. The third-order valence-electron chi connectivity index (χ3n) is 6.12. The molecule has 2 aromatic rings. The first kappa shape index (κ1) is 20.4. The van der Waals surface area contributed by atoms with Crippen LogP contribution in [0.1, 0.15) is 23.1 Å². The van der Waals surface area contributed by atoms with E-state index in [1.54, 1.807) is 0 Å². The summed E-state index contributed by atoms with van der Waals surface area (Å²) in [5.41, 5.74) is 4.12. The van der Waals surface area contributed by atoms with Gasteiger partial charge in [-0.3, -0.25) is 9.69 Å². The maximum atomic E-state index is 12.0. The number of hydrogen-bond donors (Lipinski definition) is 1. The molecular weight excluding hydrogens is 376 g/mol. The highest BCUT2D eigenvalue weighted by Gasteiger charge is 2.19. The lowest BCUT2D eigenvalue weighted by atomic mass is 10.0. The van der Waals surface area contributed by atoms with E-state index in [-0.39, 0.29) is 5.56 Å². The fourth-order valence-electron chi connectivity index (χ4n) is 4.04. The highest BCUT2D eigenvalue weighted by atomic mass is 16.6. The number of benzene rings is 1. The van der Waals surface area contributed by atoms with E-state index in [2.05, 4.69) is 44.2 Å². The number of hydrogen-bond acceptors (Lipinski definition) is 5. The number of nitrogens with zero attached hydrogens (tertiary/aromatic N) is 3. The third-order valence-corrected chi connectivity index (χ3v) is 6.12. The summed E-state index contributed by atoms with van der Waals surface area (Å²) in [4.78, 5) is 25.2. The van der Waals surface area contributed by atoms with Crippen molar-refractivity contribution < 1.29 is 4.84 Å². The van der Waals surface area contributed by atoms with Crippen molar-refractivity contribution in [3.8, 4) is 0 Å². The first-order chi connectivity index (χ1) is 14.6. The lowest BCUT2D eigenvalue weighted by molar-refractivity contribution is 0.152. The highest BCUT2D eigenvalue weighted by molar-refractivity contribution is 5.84. The van der Waals surface area contributed by atoms with Gasteiger partial charge < -0.3 is 14.7 Å². The number of amidine groups is 1. The molecule has 1 aromatic carbocycles. The van der Waals surface area contributed by atoms with Crippen LogP contribution >= 0.6 is 0 Å². The number of rotatable bonds is 3. The Hall–Kier alpha value is -2.86. The number of aromatic amines is 1. The van der Waals surface area contributed by atoms with E-state index in [1.165, 1.54) is 5.56 Å². The molecule has 1 N–H and O–H groups in total. The maximum absolute atomic E-state index is 12.0. The Kier molecular flexibility index (Phi) is 6.33. The normalized spacial score (nSPS) is 21.8. The van der Waals surface area contributed by atoms with Crippen molar-refractivity contribution in [1.82, 2.24) is 14.8 Å². The molecule has 1 aromatic heterocycles. The van der Waals surface area contributed by atoms with Crippen LogP contribution in [0, 0.1) is 13.8 Å². The van der Waals surface area contributed by atoms with Crippen LogP contribution in [0.15, 0.2) is 52.5 Å². The Labute approximate surface area is 177 Å². The minimum atomic E-state index is 0.00675. The zero-order valence-corrected chi connectivity index (χ0v) is 17.9. The van der Waals surface area contributed by atoms with Crippen LogP contribution in [0.4, 0.5) is 0 Å². The van der Waals surface area contributed by atoms with Gasteiger partial charge in [0.1, 0.15) is 12.4 Å². The molecule has 6 nitrogen and oxygen atoms in total. The van der Waals surface area contributed by atoms with E-state index in [9.17, 15) is 4.79 Å². The topological polar surface area (TPSA) is 60.9 Å². The SMILES string of the molecule is Cc1c(C)c2cc(CCN3CCN(/C4=N/OC/C=C\C=C/C4)CC3)ccc2[nH]c1=O. The lowest BCUT2D eigenvalue weighted by Gasteiger charge is -2.36. The van der Waals surface area contributed by atoms with Gasteiger partial charge in [0.25, 0.3) is 5.56 Å². The molecular formula is C24H30N4O2. The lowest BCUT2D eigenvalue weighted by Crippen LogP contribution is -2.49. The van der Waals surface area contributed by atoms with Crippen LogP contribution in [0.2, 0.25) is 0 Å². The van der Waals surface area contributed by atoms with E-state index in [0.29, 0.717) is 6.61 Å². The van der Waals surface area contributed by atoms with Crippen LogP contribution in [0.5, 0.6) is 0 Å². The van der Waals surface area contributed by atoms with E-state index >= 15 is 0 Å². The molecule has 0 amide bonds. The fourth-order valence-corrected chi connectivity index (χ4v) is 4.04. The van der Waals surface area contributed by atoms with E-state index < -0.39 is 0 Å². The van der Waals surface area contributed by atoms with Gasteiger partial charge in [-0.2, -0.15) is 0 Å². The molecule has 0 bridgehead atoms. The van der Waals surface area contributed by atoms with Crippen molar-refractivity contribution in [2.45, 2.75) is 26.7 Å². The van der Waals surface area contributed by atoms with Crippen molar-refractivity contribution in [3.05, 3.63) is 69.5 Å². The van der Waals surface area contributed by atoms with Gasteiger partial charge in [0, 0.05) is 55.6 Å². The van der Waals surface area contributed by atoms with Crippen molar-refractivity contribution in [2.75, 3.05) is 39.3 Å². The molecule has 0 radical (unpaired) electrons. The largest absolute Gasteiger partial charge is 0.390 e. The molecule has 1 saturated heterocycles. The van der Waals surface area contributed by atoms with Crippen molar-refractivity contribution in [3.63, 3.8) is 0 Å². The molecule has 3 heterocycles. The average molecular weight is 407 g/mol. The Morgan fingerprint density at radius 1 is 1.07 bits per heavy atom. The Bertz CT molecular complexity index is 1040. The van der Waals surface area contributed by atoms with Gasteiger partial charge in [-0.15, -0.1) is 0 Å². The zero-order valence-electron chi connectivity index (χ0n) is 17.9. The van der Waals surface area contributed by atoms with Gasteiger partial charge in [0.2, 0.25) is 0 Å². The molecule has 2 aliphatic heterocycles. The molecule has 0 unspecified atom stereocenters. The summed E-state index contributed by atoms with van der Waals surface area (Å²) in [6.45, 7) is 9.48. The number of oxime groups is 1. The van der Waals surface area contributed by atoms with E-state index in [1.807, 2.05) is 32.1 Å². The quantitative estimate of drug-likeness (QED) is 0.851. The number of fused-ring (bicyclic) bond motifs is 1. The van der Waals surface area contributed by atoms with Crippen LogP contribution < -0.4 is 5.56 Å². The smallest absolute Gasteiger partial charge is 0.251 e. The average Bonchev–Trinajstić information content (AvgIpc) is 2.91. The second kappa shape index (κ2) is 9.30. The van der Waals surface area contributed by atoms with Gasteiger partial charge in [-0.05, 0) is 49.6 Å². The van der Waals surface area contributed by atoms with Gasteiger partial charge in [-0.1, -0.05) is 29.5 Å². The molecule has 0 atom stereocenters. The van der Waals surface area contributed by atoms with Crippen LogP contribution in [0.3, 0.4) is 0 Å². The number of H-pyrrole nitrogens is 1. The molecule has 2 aliphatic rings. The Balaban J connectivity index is 1.34. The number of piperazine rings is 1. The predicted molar refractivity (Wildman–Crippen MR) is 122 cm³/mol. The number of pyridine rings is 1. The van der Waals surface area contributed by atoms with Gasteiger partial charge in [0.15, 0.2) is 0 Å². The molecule has 0 saturated carbocycles. The zero-order chi connectivity index (χ0) is 20.9. The van der Waals surface area contributed by atoms with Gasteiger partial charge in [-0.25, -0.2) is 0 Å². The molecule has 30 heavy (non-hydrogen) atoms. The molecule has 0 spiro atoms. The summed E-state index contributed by atoms with van der Waals surface area (Å²) in [5.74, 6) is 1.02. The van der Waals surface area contributed by atoms with Gasteiger partial charge in [0.05, 0.1) is 0 Å². The van der Waals surface area contributed by atoms with Crippen molar-refractivity contribution in [1.29, 1.82) is 0 Å². The van der Waals surface area contributed by atoms with E-state index in [0.717, 1.165) is 73.4 Å². The number of aryl methyl sites for hydroxylation is 1. The minimum absolute atomic E-state index is 0.00675. The standard InChI is InChI=1S/C24H30N4O2/c1-18-19(2)24(29)25-22-9-8-20(17-21(18)22)10-11-27-12-14-28(15-13-27)23-7-5-3-4-6-16-30-26-23/h3-6,8-9,17H,7,10-16H2,1-2H3,(H,25,29)/b5-3-,6-4-,26-23+. The third kappa shape index (κ3) is 4.65. The Morgan fingerprint density at radius 2 is 1.87 bits per heavy atom. The molecule has 158 valence electrons. The summed E-state index contributed by atoms with van der Waals surface area (Å²) in [6.07, 6.45) is 9.97. The number of nitrogens with one attached hydrogen (secondary N) is 1. The highest BCUT2D eigenvalue weighted by Crippen LogP contribution is 2.19. The van der Waals surface area contributed by atoms with E-state index in [4.69, 9.17) is 4.84 Å². The summed E-state index contributed by atoms with van der Waals surface area (Å²) in [7, 11) is 0. The van der Waals surface area contributed by atoms with Gasteiger partial charge >= 0.3 is 0 Å². The Morgan fingerprint density at radius 3 is 2.70 bits per heavy atom. The van der Waals surface area contributed by atoms with Crippen molar-refractivity contribution >= 4 is 16.7 Å². The summed E-state index contributed by atoms with van der Waals surface area (Å²) in [5, 5.41) is 5.48. The molecule has 0 aliphatic carbocycles. The summed E-state index contributed by atoms with van der Waals surface area (Å²) in [6, 6.07) is 6.40. The van der Waals surface area contributed by atoms with Crippen LogP contribution in [-0.2, 0) is 11.3 Å². The minimum Gasteiger partial charge on any atom is -0.390 e. The first-order valence-corrected chi connectivity index (χ1v) is 10.7. The predicted octanol–water partition coefficient (Wildman–Crippen LogP) is 3.15. The number of allylic oxidation sites excluding steroid dienone is 2. The summed E-state index contributed by atoms with van der Waals surface area (Å²) < 4.78 is 0. The number of aromatic nitrogens is 1. The first-order valence-electron chi connectivity index (χ1n) is 10.7. The molecule has 6 heteroatoms. The maximum Gasteiger partial charge on any atom is 0.251 e. The van der Waals surface area contributed by atoms with Crippen LogP contribution in [0.25, 0.3) is 10.9 Å². The fraction of sp³-hybridized carbons (Fsp3) is 0.417. The molecule has 1 fully saturated rings. The monoisotopic (exact) mass is 406 g/mol. The second-order valence-corrected chi connectivity index (χ2v) is 8.03.